The first kappa shape index (κ1) is 14.0. The molecule has 0 atom stereocenters. The summed E-state index contributed by atoms with van der Waals surface area (Å²) in [6.45, 7) is 4.49. The van der Waals surface area contributed by atoms with Crippen LogP contribution in [0.25, 0.3) is 11.4 Å². The van der Waals surface area contributed by atoms with Crippen LogP contribution in [0.1, 0.15) is 25.6 Å². The smallest absolute Gasteiger partial charge is 0.165 e. The second kappa shape index (κ2) is 5.66. The van der Waals surface area contributed by atoms with E-state index in [1.54, 1.807) is 13.3 Å². The Morgan fingerprint density at radius 2 is 2.16 bits per heavy atom. The SMILES string of the molecule is COCc1nc(-c2cnn(C(C)C)c2)nc(N)c1Br. The molecule has 0 saturated carbocycles. The Morgan fingerprint density at radius 1 is 1.42 bits per heavy atom. The molecule has 6 nitrogen and oxygen atoms in total. The Bertz CT molecular complexity index is 581. The topological polar surface area (TPSA) is 78.9 Å². The highest BCUT2D eigenvalue weighted by molar-refractivity contribution is 9.10. The molecule has 2 aromatic heterocycles. The lowest BCUT2D eigenvalue weighted by molar-refractivity contribution is 0.181. The quantitative estimate of drug-likeness (QED) is 0.933. The molecule has 0 aliphatic heterocycles. The van der Waals surface area contributed by atoms with Gasteiger partial charge in [0.05, 0.1) is 28.5 Å². The van der Waals surface area contributed by atoms with Crippen molar-refractivity contribution in [1.82, 2.24) is 19.7 Å². The first-order chi connectivity index (χ1) is 9.02. The summed E-state index contributed by atoms with van der Waals surface area (Å²) in [7, 11) is 1.61. The van der Waals surface area contributed by atoms with Gasteiger partial charge in [0.15, 0.2) is 5.82 Å². The van der Waals surface area contributed by atoms with E-state index in [2.05, 4.69) is 44.8 Å². The van der Waals surface area contributed by atoms with Crippen molar-refractivity contribution < 1.29 is 4.74 Å². The van der Waals surface area contributed by atoms with Crippen LogP contribution in [0.4, 0.5) is 5.82 Å². The molecule has 7 heteroatoms. The molecule has 19 heavy (non-hydrogen) atoms. The van der Waals surface area contributed by atoms with Crippen molar-refractivity contribution >= 4 is 21.7 Å². The molecule has 0 fully saturated rings. The minimum absolute atomic E-state index is 0.292. The molecule has 0 aliphatic carbocycles. The maximum Gasteiger partial charge on any atom is 0.165 e. The summed E-state index contributed by atoms with van der Waals surface area (Å²) in [5, 5.41) is 4.27. The van der Waals surface area contributed by atoms with Crippen molar-refractivity contribution in [3.05, 3.63) is 22.6 Å². The van der Waals surface area contributed by atoms with Gasteiger partial charge in [0.1, 0.15) is 5.82 Å². The summed E-state index contributed by atoms with van der Waals surface area (Å²) in [5.41, 5.74) is 7.44. The molecule has 2 aromatic rings. The number of methoxy groups -OCH3 is 1. The van der Waals surface area contributed by atoms with Crippen LogP contribution < -0.4 is 5.73 Å². The highest BCUT2D eigenvalue weighted by Gasteiger charge is 2.13. The molecule has 2 rings (SSSR count). The minimum atomic E-state index is 0.292. The van der Waals surface area contributed by atoms with Crippen molar-refractivity contribution in [2.24, 2.45) is 0 Å². The number of anilines is 1. The fraction of sp³-hybridized carbons (Fsp3) is 0.417. The Hall–Kier alpha value is -1.47. The van der Waals surface area contributed by atoms with Gasteiger partial charge in [-0.15, -0.1) is 0 Å². The summed E-state index contributed by atoms with van der Waals surface area (Å²) in [6, 6.07) is 0.292. The van der Waals surface area contributed by atoms with Crippen molar-refractivity contribution in [1.29, 1.82) is 0 Å². The largest absolute Gasteiger partial charge is 0.383 e. The molecule has 0 aromatic carbocycles. The molecule has 0 bridgehead atoms. The zero-order chi connectivity index (χ0) is 14.0. The van der Waals surface area contributed by atoms with Crippen LogP contribution in [0.2, 0.25) is 0 Å². The second-order valence-corrected chi connectivity index (χ2v) is 5.22. The van der Waals surface area contributed by atoms with E-state index < -0.39 is 0 Å². The number of aromatic nitrogens is 4. The number of hydrogen-bond acceptors (Lipinski definition) is 5. The van der Waals surface area contributed by atoms with E-state index in [0.29, 0.717) is 28.8 Å². The van der Waals surface area contributed by atoms with Crippen LogP contribution >= 0.6 is 15.9 Å². The molecule has 102 valence electrons. The lowest BCUT2D eigenvalue weighted by Crippen LogP contribution is -2.03. The fourth-order valence-electron chi connectivity index (χ4n) is 1.61. The van der Waals surface area contributed by atoms with Gasteiger partial charge in [-0.25, -0.2) is 9.97 Å². The van der Waals surface area contributed by atoms with Gasteiger partial charge in [0.2, 0.25) is 0 Å². The van der Waals surface area contributed by atoms with Gasteiger partial charge in [-0.3, -0.25) is 4.68 Å². The number of halogens is 1. The molecule has 2 heterocycles. The van der Waals surface area contributed by atoms with E-state index in [9.17, 15) is 0 Å². The summed E-state index contributed by atoms with van der Waals surface area (Å²) in [6.07, 6.45) is 3.64. The van der Waals surface area contributed by atoms with Gasteiger partial charge in [0, 0.05) is 19.3 Å². The zero-order valence-corrected chi connectivity index (χ0v) is 12.7. The summed E-state index contributed by atoms with van der Waals surface area (Å²) in [4.78, 5) is 8.72. The predicted octanol–water partition coefficient (Wildman–Crippen LogP) is 2.41. The molecule has 0 saturated heterocycles. The Balaban J connectivity index is 2.43. The van der Waals surface area contributed by atoms with E-state index in [0.717, 1.165) is 11.3 Å². The van der Waals surface area contributed by atoms with Gasteiger partial charge < -0.3 is 10.5 Å². The Labute approximate surface area is 120 Å². The molecule has 0 amide bonds. The molecular formula is C12H16BrN5O. The lowest BCUT2D eigenvalue weighted by Gasteiger charge is -2.07. The number of nitrogens with two attached hydrogens (primary N) is 1. The molecule has 2 N–H and O–H groups in total. The number of hydrogen-bond donors (Lipinski definition) is 1. The third-order valence-electron chi connectivity index (χ3n) is 2.62. The third-order valence-corrected chi connectivity index (χ3v) is 3.48. The monoisotopic (exact) mass is 325 g/mol. The normalized spacial score (nSPS) is 11.2. The first-order valence-corrected chi connectivity index (χ1v) is 6.67. The van der Waals surface area contributed by atoms with Crippen molar-refractivity contribution in [2.75, 3.05) is 12.8 Å². The van der Waals surface area contributed by atoms with Gasteiger partial charge >= 0.3 is 0 Å². The van der Waals surface area contributed by atoms with Crippen LogP contribution in [0.3, 0.4) is 0 Å². The van der Waals surface area contributed by atoms with Gasteiger partial charge in [-0.2, -0.15) is 5.10 Å². The number of nitrogens with zero attached hydrogens (tertiary/aromatic N) is 4. The van der Waals surface area contributed by atoms with Crippen molar-refractivity contribution in [3.8, 4) is 11.4 Å². The first-order valence-electron chi connectivity index (χ1n) is 5.88. The van der Waals surface area contributed by atoms with Gasteiger partial charge in [0.25, 0.3) is 0 Å². The zero-order valence-electron chi connectivity index (χ0n) is 11.1. The van der Waals surface area contributed by atoms with Crippen LogP contribution in [0, 0.1) is 0 Å². The number of rotatable bonds is 4. The molecule has 0 radical (unpaired) electrons. The number of ether oxygens (including phenoxy) is 1. The predicted molar refractivity (Wildman–Crippen MR) is 76.5 cm³/mol. The van der Waals surface area contributed by atoms with Gasteiger partial charge in [-0.05, 0) is 29.8 Å². The standard InChI is InChI=1S/C12H16BrN5O/c1-7(2)18-5-8(4-15-18)12-16-9(6-19-3)10(13)11(14)17-12/h4-5,7H,6H2,1-3H3,(H2,14,16,17). The molecular weight excluding hydrogens is 310 g/mol. The fourth-order valence-corrected chi connectivity index (χ4v) is 1.90. The van der Waals surface area contributed by atoms with E-state index in [4.69, 9.17) is 10.5 Å². The highest BCUT2D eigenvalue weighted by atomic mass is 79.9. The van der Waals surface area contributed by atoms with E-state index in [1.807, 2.05) is 10.9 Å². The maximum absolute atomic E-state index is 5.87. The summed E-state index contributed by atoms with van der Waals surface area (Å²) < 4.78 is 7.63. The Kier molecular flexibility index (Phi) is 4.16. The van der Waals surface area contributed by atoms with Crippen molar-refractivity contribution in [2.45, 2.75) is 26.5 Å². The second-order valence-electron chi connectivity index (χ2n) is 4.43. The van der Waals surface area contributed by atoms with E-state index >= 15 is 0 Å². The molecule has 0 aliphatic rings. The van der Waals surface area contributed by atoms with Crippen LogP contribution in [0.5, 0.6) is 0 Å². The lowest BCUT2D eigenvalue weighted by atomic mass is 10.3. The number of nitrogen functional groups attached to an aromatic ring is 1. The third kappa shape index (κ3) is 2.93. The van der Waals surface area contributed by atoms with Crippen molar-refractivity contribution in [3.63, 3.8) is 0 Å². The minimum Gasteiger partial charge on any atom is -0.383 e. The average molecular weight is 326 g/mol. The highest BCUT2D eigenvalue weighted by Crippen LogP contribution is 2.25. The van der Waals surface area contributed by atoms with Crippen LogP contribution in [-0.4, -0.2) is 26.9 Å². The average Bonchev–Trinajstić information content (AvgIpc) is 2.84. The molecule has 0 spiro atoms. The molecule has 0 unspecified atom stereocenters. The van der Waals surface area contributed by atoms with Crippen LogP contribution in [0.15, 0.2) is 16.9 Å². The van der Waals surface area contributed by atoms with Crippen LogP contribution in [-0.2, 0) is 11.3 Å². The maximum atomic E-state index is 5.87. The van der Waals surface area contributed by atoms with E-state index in [-0.39, 0.29) is 0 Å². The van der Waals surface area contributed by atoms with E-state index in [1.165, 1.54) is 0 Å². The van der Waals surface area contributed by atoms with Gasteiger partial charge in [-0.1, -0.05) is 0 Å². The summed E-state index contributed by atoms with van der Waals surface area (Å²) >= 11 is 3.37. The summed E-state index contributed by atoms with van der Waals surface area (Å²) in [5.74, 6) is 0.953. The Morgan fingerprint density at radius 3 is 2.74 bits per heavy atom.